The normalized spacial score (nSPS) is 11.0. The highest BCUT2D eigenvalue weighted by Crippen LogP contribution is 2.32. The summed E-state index contributed by atoms with van der Waals surface area (Å²) in [6.07, 6.45) is 2.14. The number of methoxy groups -OCH3 is 1. The zero-order valence-electron chi connectivity index (χ0n) is 13.2. The summed E-state index contributed by atoms with van der Waals surface area (Å²) in [6.45, 7) is 2.14. The van der Waals surface area contributed by atoms with Gasteiger partial charge in [-0.2, -0.15) is 4.39 Å². The Hall–Kier alpha value is -2.42. The molecule has 0 unspecified atom stereocenters. The van der Waals surface area contributed by atoms with Gasteiger partial charge in [0.1, 0.15) is 0 Å². The predicted molar refractivity (Wildman–Crippen MR) is 89.8 cm³/mol. The molecular weight excluding hydrogens is 294 g/mol. The van der Waals surface area contributed by atoms with E-state index in [0.29, 0.717) is 5.39 Å². The first-order valence-corrected chi connectivity index (χ1v) is 7.69. The Morgan fingerprint density at radius 2 is 1.57 bits per heavy atom. The van der Waals surface area contributed by atoms with Gasteiger partial charge < -0.3 is 4.74 Å². The van der Waals surface area contributed by atoms with Crippen molar-refractivity contribution >= 4 is 10.8 Å². The minimum Gasteiger partial charge on any atom is -0.494 e. The molecule has 0 amide bonds. The Morgan fingerprint density at radius 3 is 2.22 bits per heavy atom. The SMILES string of the molecule is CCCc1ccc(-c2ccc3cc(OC)c(F)c(F)c3c2)cc1. The van der Waals surface area contributed by atoms with Crippen LogP contribution >= 0.6 is 0 Å². The molecule has 0 fully saturated rings. The maximum atomic E-state index is 14.3. The van der Waals surface area contributed by atoms with E-state index in [1.54, 1.807) is 12.1 Å². The summed E-state index contributed by atoms with van der Waals surface area (Å²) in [5.74, 6) is -1.90. The molecule has 0 aliphatic rings. The maximum absolute atomic E-state index is 14.3. The van der Waals surface area contributed by atoms with Crippen LogP contribution in [0.1, 0.15) is 18.9 Å². The van der Waals surface area contributed by atoms with E-state index in [0.717, 1.165) is 24.0 Å². The molecule has 118 valence electrons. The van der Waals surface area contributed by atoms with E-state index in [1.807, 2.05) is 18.2 Å². The molecule has 3 rings (SSSR count). The molecule has 0 bridgehead atoms. The number of ether oxygens (including phenoxy) is 1. The predicted octanol–water partition coefficient (Wildman–Crippen LogP) is 5.75. The molecule has 0 aromatic heterocycles. The first kappa shape index (κ1) is 15.5. The van der Waals surface area contributed by atoms with Gasteiger partial charge in [0.15, 0.2) is 11.6 Å². The van der Waals surface area contributed by atoms with Crippen LogP contribution in [-0.4, -0.2) is 7.11 Å². The van der Waals surface area contributed by atoms with Crippen molar-refractivity contribution in [2.45, 2.75) is 19.8 Å². The van der Waals surface area contributed by atoms with Crippen molar-refractivity contribution in [3.05, 3.63) is 65.7 Å². The zero-order chi connectivity index (χ0) is 16.4. The lowest BCUT2D eigenvalue weighted by atomic mass is 9.99. The number of benzene rings is 3. The van der Waals surface area contributed by atoms with E-state index in [1.165, 1.54) is 18.7 Å². The smallest absolute Gasteiger partial charge is 0.201 e. The molecule has 3 heteroatoms. The Morgan fingerprint density at radius 1 is 0.870 bits per heavy atom. The van der Waals surface area contributed by atoms with Crippen LogP contribution < -0.4 is 4.74 Å². The summed E-state index contributed by atoms with van der Waals surface area (Å²) in [5, 5.41) is 0.880. The van der Waals surface area contributed by atoms with Crippen molar-refractivity contribution in [1.82, 2.24) is 0 Å². The minimum absolute atomic E-state index is 0.0772. The lowest BCUT2D eigenvalue weighted by Gasteiger charge is -2.09. The second-order valence-corrected chi connectivity index (χ2v) is 5.59. The Balaban J connectivity index is 2.07. The van der Waals surface area contributed by atoms with E-state index in [9.17, 15) is 8.78 Å². The summed E-state index contributed by atoms with van der Waals surface area (Å²) >= 11 is 0. The van der Waals surface area contributed by atoms with Crippen LogP contribution in [0.5, 0.6) is 5.75 Å². The van der Waals surface area contributed by atoms with E-state index in [2.05, 4.69) is 19.1 Å². The minimum atomic E-state index is -0.949. The van der Waals surface area contributed by atoms with Crippen LogP contribution in [0.3, 0.4) is 0 Å². The third kappa shape index (κ3) is 2.91. The summed E-state index contributed by atoms with van der Waals surface area (Å²) < 4.78 is 33.0. The second-order valence-electron chi connectivity index (χ2n) is 5.59. The molecule has 0 atom stereocenters. The number of rotatable bonds is 4. The van der Waals surface area contributed by atoms with Gasteiger partial charge in [0, 0.05) is 5.39 Å². The fourth-order valence-corrected chi connectivity index (χ4v) is 2.78. The van der Waals surface area contributed by atoms with Gasteiger partial charge >= 0.3 is 0 Å². The van der Waals surface area contributed by atoms with Gasteiger partial charge in [0.25, 0.3) is 0 Å². The lowest BCUT2D eigenvalue weighted by molar-refractivity contribution is 0.374. The van der Waals surface area contributed by atoms with Crippen molar-refractivity contribution in [1.29, 1.82) is 0 Å². The fraction of sp³-hybridized carbons (Fsp3) is 0.200. The van der Waals surface area contributed by atoms with E-state index in [4.69, 9.17) is 4.74 Å². The Labute approximate surface area is 134 Å². The highest BCUT2D eigenvalue weighted by molar-refractivity contribution is 5.89. The third-order valence-corrected chi connectivity index (χ3v) is 4.03. The van der Waals surface area contributed by atoms with Gasteiger partial charge in [-0.05, 0) is 40.6 Å². The van der Waals surface area contributed by atoms with Gasteiger partial charge in [-0.1, -0.05) is 49.7 Å². The van der Waals surface area contributed by atoms with Gasteiger partial charge in [-0.15, -0.1) is 0 Å². The summed E-state index contributed by atoms with van der Waals surface area (Å²) in [4.78, 5) is 0. The fourth-order valence-electron chi connectivity index (χ4n) is 2.78. The molecule has 3 aromatic carbocycles. The van der Waals surface area contributed by atoms with E-state index in [-0.39, 0.29) is 11.1 Å². The Kier molecular flexibility index (Phi) is 4.28. The zero-order valence-corrected chi connectivity index (χ0v) is 13.2. The summed E-state index contributed by atoms with van der Waals surface area (Å²) in [7, 11) is 1.33. The monoisotopic (exact) mass is 312 g/mol. The number of hydrogen-bond donors (Lipinski definition) is 0. The molecule has 0 heterocycles. The summed E-state index contributed by atoms with van der Waals surface area (Å²) in [5.41, 5.74) is 3.13. The molecule has 0 aliphatic heterocycles. The van der Waals surface area contributed by atoms with Crippen LogP contribution in [0.4, 0.5) is 8.78 Å². The van der Waals surface area contributed by atoms with Crippen LogP contribution in [0, 0.1) is 11.6 Å². The maximum Gasteiger partial charge on any atom is 0.201 e. The molecule has 23 heavy (non-hydrogen) atoms. The van der Waals surface area contributed by atoms with E-state index >= 15 is 0 Å². The van der Waals surface area contributed by atoms with Gasteiger partial charge in [-0.3, -0.25) is 0 Å². The van der Waals surface area contributed by atoms with Crippen LogP contribution in [-0.2, 0) is 6.42 Å². The molecule has 0 saturated carbocycles. The topological polar surface area (TPSA) is 9.23 Å². The van der Waals surface area contributed by atoms with Gasteiger partial charge in [0.2, 0.25) is 5.82 Å². The van der Waals surface area contributed by atoms with Gasteiger partial charge in [-0.25, -0.2) is 4.39 Å². The standard InChI is InChI=1S/C20H18F2O/c1-3-4-13-5-7-14(8-6-13)15-9-10-16-12-18(23-2)20(22)19(21)17(16)11-15/h5-12H,3-4H2,1-2H3. The molecule has 0 saturated heterocycles. The largest absolute Gasteiger partial charge is 0.494 e. The number of fused-ring (bicyclic) bond motifs is 1. The molecule has 0 aliphatic carbocycles. The van der Waals surface area contributed by atoms with Crippen molar-refractivity contribution in [2.24, 2.45) is 0 Å². The van der Waals surface area contributed by atoms with Crippen molar-refractivity contribution in [3.8, 4) is 16.9 Å². The number of hydrogen-bond acceptors (Lipinski definition) is 1. The highest BCUT2D eigenvalue weighted by Gasteiger charge is 2.14. The highest BCUT2D eigenvalue weighted by atomic mass is 19.2. The Bertz CT molecular complexity index is 838. The second kappa shape index (κ2) is 6.37. The van der Waals surface area contributed by atoms with Crippen LogP contribution in [0.15, 0.2) is 48.5 Å². The molecule has 1 nitrogen and oxygen atoms in total. The average molecular weight is 312 g/mol. The lowest BCUT2D eigenvalue weighted by Crippen LogP contribution is -1.94. The van der Waals surface area contributed by atoms with E-state index < -0.39 is 11.6 Å². The molecule has 0 radical (unpaired) electrons. The average Bonchev–Trinajstić information content (AvgIpc) is 2.59. The van der Waals surface area contributed by atoms with Crippen molar-refractivity contribution in [3.63, 3.8) is 0 Å². The molecule has 0 spiro atoms. The quantitative estimate of drug-likeness (QED) is 0.596. The number of aryl methyl sites for hydroxylation is 1. The van der Waals surface area contributed by atoms with Crippen LogP contribution in [0.2, 0.25) is 0 Å². The first-order chi connectivity index (χ1) is 11.1. The first-order valence-electron chi connectivity index (χ1n) is 7.69. The van der Waals surface area contributed by atoms with Crippen molar-refractivity contribution < 1.29 is 13.5 Å². The molecule has 3 aromatic rings. The molecular formula is C20H18F2O. The van der Waals surface area contributed by atoms with Crippen LogP contribution in [0.25, 0.3) is 21.9 Å². The van der Waals surface area contributed by atoms with Crippen molar-refractivity contribution in [2.75, 3.05) is 7.11 Å². The summed E-state index contributed by atoms with van der Waals surface area (Å²) in [6, 6.07) is 15.1. The molecule has 0 N–H and O–H groups in total. The van der Waals surface area contributed by atoms with Gasteiger partial charge in [0.05, 0.1) is 7.11 Å². The number of halogens is 2. The third-order valence-electron chi connectivity index (χ3n) is 4.03.